The topological polar surface area (TPSA) is 20.2 Å². The highest BCUT2D eigenvalue weighted by Gasteiger charge is 2.11. The van der Waals surface area contributed by atoms with Gasteiger partial charge < -0.3 is 5.11 Å². The molecule has 1 N–H and O–H groups in total. The highest BCUT2D eigenvalue weighted by molar-refractivity contribution is 4.99. The smallest absolute Gasteiger partial charge is 0.0431 e. The summed E-state index contributed by atoms with van der Waals surface area (Å²) < 4.78 is 0. The lowest BCUT2D eigenvalue weighted by Gasteiger charge is -2.15. The lowest BCUT2D eigenvalue weighted by molar-refractivity contribution is 0.265. The van der Waals surface area contributed by atoms with Crippen molar-refractivity contribution in [3.8, 4) is 12.3 Å². The van der Waals surface area contributed by atoms with Crippen molar-refractivity contribution < 1.29 is 5.11 Å². The number of aliphatic hydroxyl groups is 1. The third kappa shape index (κ3) is 4.05. The highest BCUT2D eigenvalue weighted by atomic mass is 16.2. The first-order valence-electron chi connectivity index (χ1n) is 3.21. The Labute approximate surface area is 57.1 Å². The monoisotopic (exact) mass is 126 g/mol. The van der Waals surface area contributed by atoms with Gasteiger partial charge in [0.1, 0.15) is 0 Å². The van der Waals surface area contributed by atoms with Crippen molar-refractivity contribution in [3.05, 3.63) is 0 Å². The number of hydrogen-bond acceptors (Lipinski definition) is 1. The SMILES string of the molecule is C#CC(C)(C)CCCO. The van der Waals surface area contributed by atoms with E-state index in [1.165, 1.54) is 0 Å². The second kappa shape index (κ2) is 3.53. The number of rotatable bonds is 3. The van der Waals surface area contributed by atoms with Crippen LogP contribution < -0.4 is 0 Å². The summed E-state index contributed by atoms with van der Waals surface area (Å²) in [4.78, 5) is 0. The van der Waals surface area contributed by atoms with Gasteiger partial charge in [-0.3, -0.25) is 0 Å². The number of hydrogen-bond donors (Lipinski definition) is 1. The molecule has 0 saturated heterocycles. The minimum absolute atomic E-state index is 0.0390. The van der Waals surface area contributed by atoms with Crippen molar-refractivity contribution in [1.82, 2.24) is 0 Å². The van der Waals surface area contributed by atoms with Gasteiger partial charge in [-0.1, -0.05) is 0 Å². The quantitative estimate of drug-likeness (QED) is 0.567. The Kier molecular flexibility index (Phi) is 3.34. The molecule has 1 nitrogen and oxygen atoms in total. The van der Waals surface area contributed by atoms with E-state index in [-0.39, 0.29) is 12.0 Å². The maximum atomic E-state index is 8.46. The van der Waals surface area contributed by atoms with Crippen LogP contribution in [0.2, 0.25) is 0 Å². The summed E-state index contributed by atoms with van der Waals surface area (Å²) in [5.74, 6) is 2.66. The van der Waals surface area contributed by atoms with Crippen LogP contribution >= 0.6 is 0 Å². The molecule has 0 aromatic heterocycles. The average Bonchev–Trinajstić information content (AvgIpc) is 1.84. The Bertz CT molecular complexity index is 108. The molecule has 0 aliphatic rings. The van der Waals surface area contributed by atoms with Crippen LogP contribution in [0, 0.1) is 17.8 Å². The summed E-state index contributed by atoms with van der Waals surface area (Å²) in [6.45, 7) is 4.25. The molecule has 0 spiro atoms. The summed E-state index contributed by atoms with van der Waals surface area (Å²) in [7, 11) is 0. The molecule has 0 aliphatic carbocycles. The Morgan fingerprint density at radius 2 is 2.11 bits per heavy atom. The van der Waals surface area contributed by atoms with E-state index in [9.17, 15) is 0 Å². The Balaban J connectivity index is 3.49. The van der Waals surface area contributed by atoms with Crippen LogP contribution in [0.5, 0.6) is 0 Å². The molecule has 0 saturated carbocycles. The van der Waals surface area contributed by atoms with Gasteiger partial charge >= 0.3 is 0 Å². The third-order valence-electron chi connectivity index (χ3n) is 1.35. The molecule has 0 amide bonds. The van der Waals surface area contributed by atoms with Crippen LogP contribution in [0.1, 0.15) is 26.7 Å². The number of terminal acetylenes is 1. The van der Waals surface area contributed by atoms with Crippen LogP contribution in [0.4, 0.5) is 0 Å². The lowest BCUT2D eigenvalue weighted by Crippen LogP contribution is -2.07. The zero-order valence-corrected chi connectivity index (χ0v) is 6.15. The lowest BCUT2D eigenvalue weighted by atomic mass is 9.89. The van der Waals surface area contributed by atoms with Crippen LogP contribution in [0.25, 0.3) is 0 Å². The second-order valence-corrected chi connectivity index (χ2v) is 2.86. The fraction of sp³-hybridized carbons (Fsp3) is 0.750. The molecular weight excluding hydrogens is 112 g/mol. The van der Waals surface area contributed by atoms with Gasteiger partial charge in [-0.15, -0.1) is 12.3 Å². The standard InChI is InChI=1S/C8H14O/c1-4-8(2,3)6-5-7-9/h1,9H,5-7H2,2-3H3. The second-order valence-electron chi connectivity index (χ2n) is 2.86. The molecule has 0 aromatic rings. The number of aliphatic hydroxyl groups excluding tert-OH is 1. The maximum absolute atomic E-state index is 8.46. The molecule has 0 heterocycles. The Hall–Kier alpha value is -0.480. The molecule has 0 rings (SSSR count). The molecule has 0 atom stereocenters. The van der Waals surface area contributed by atoms with Crippen molar-refractivity contribution in [2.75, 3.05) is 6.61 Å². The largest absolute Gasteiger partial charge is 0.396 e. The van der Waals surface area contributed by atoms with Gasteiger partial charge in [-0.2, -0.15) is 0 Å². The van der Waals surface area contributed by atoms with Gasteiger partial charge in [0.25, 0.3) is 0 Å². The molecule has 0 radical (unpaired) electrons. The normalized spacial score (nSPS) is 10.9. The van der Waals surface area contributed by atoms with Gasteiger partial charge in [0.05, 0.1) is 0 Å². The van der Waals surface area contributed by atoms with Crippen LogP contribution in [0.3, 0.4) is 0 Å². The van der Waals surface area contributed by atoms with Crippen LogP contribution in [0.15, 0.2) is 0 Å². The molecule has 52 valence electrons. The fourth-order valence-electron chi connectivity index (χ4n) is 0.593. The third-order valence-corrected chi connectivity index (χ3v) is 1.35. The molecule has 1 heteroatoms. The van der Waals surface area contributed by atoms with Crippen molar-refractivity contribution in [2.24, 2.45) is 5.41 Å². The zero-order valence-electron chi connectivity index (χ0n) is 6.15. The van der Waals surface area contributed by atoms with Gasteiger partial charge in [-0.05, 0) is 26.7 Å². The fourth-order valence-corrected chi connectivity index (χ4v) is 0.593. The Morgan fingerprint density at radius 1 is 1.56 bits per heavy atom. The molecule has 0 bridgehead atoms. The van der Waals surface area contributed by atoms with Crippen molar-refractivity contribution in [3.63, 3.8) is 0 Å². The summed E-state index contributed by atoms with van der Waals surface area (Å²) in [5, 5.41) is 8.46. The molecule has 0 aliphatic heterocycles. The van der Waals surface area contributed by atoms with Crippen molar-refractivity contribution >= 4 is 0 Å². The predicted octanol–water partition coefficient (Wildman–Crippen LogP) is 1.42. The van der Waals surface area contributed by atoms with E-state index < -0.39 is 0 Å². The first-order chi connectivity index (χ1) is 4.12. The minimum atomic E-state index is -0.0390. The van der Waals surface area contributed by atoms with Crippen LogP contribution in [-0.2, 0) is 0 Å². The summed E-state index contributed by atoms with van der Waals surface area (Å²) >= 11 is 0. The van der Waals surface area contributed by atoms with E-state index >= 15 is 0 Å². The van der Waals surface area contributed by atoms with E-state index in [1.54, 1.807) is 0 Å². The maximum Gasteiger partial charge on any atom is 0.0431 e. The van der Waals surface area contributed by atoms with Crippen LogP contribution in [-0.4, -0.2) is 11.7 Å². The van der Waals surface area contributed by atoms with E-state index in [4.69, 9.17) is 11.5 Å². The molecule has 0 aromatic carbocycles. The van der Waals surface area contributed by atoms with Gasteiger partial charge in [0.15, 0.2) is 0 Å². The first kappa shape index (κ1) is 8.52. The minimum Gasteiger partial charge on any atom is -0.396 e. The van der Waals surface area contributed by atoms with E-state index in [0.717, 1.165) is 12.8 Å². The summed E-state index contributed by atoms with van der Waals surface area (Å²) in [6.07, 6.45) is 6.92. The molecule has 0 unspecified atom stereocenters. The van der Waals surface area contributed by atoms with E-state index in [0.29, 0.717) is 0 Å². The van der Waals surface area contributed by atoms with E-state index in [1.807, 2.05) is 13.8 Å². The predicted molar refractivity (Wildman–Crippen MR) is 38.9 cm³/mol. The van der Waals surface area contributed by atoms with Gasteiger partial charge in [0, 0.05) is 12.0 Å². The van der Waals surface area contributed by atoms with Crippen molar-refractivity contribution in [1.29, 1.82) is 0 Å². The first-order valence-corrected chi connectivity index (χ1v) is 3.21. The van der Waals surface area contributed by atoms with Gasteiger partial charge in [-0.25, -0.2) is 0 Å². The Morgan fingerprint density at radius 3 is 2.44 bits per heavy atom. The van der Waals surface area contributed by atoms with E-state index in [2.05, 4.69) is 5.92 Å². The van der Waals surface area contributed by atoms with Crippen molar-refractivity contribution in [2.45, 2.75) is 26.7 Å². The zero-order chi connectivity index (χ0) is 7.33. The molecule has 0 fully saturated rings. The average molecular weight is 126 g/mol. The summed E-state index contributed by atoms with van der Waals surface area (Å²) in [5.41, 5.74) is -0.0390. The molecular formula is C8H14O. The van der Waals surface area contributed by atoms with Gasteiger partial charge in [0.2, 0.25) is 0 Å². The summed E-state index contributed by atoms with van der Waals surface area (Å²) in [6, 6.07) is 0. The highest BCUT2D eigenvalue weighted by Crippen LogP contribution is 2.19. The molecule has 9 heavy (non-hydrogen) atoms.